The number of carbonyl (C=O) groups excluding carboxylic acids is 1. The Kier molecular flexibility index (Phi) is 4.74. The predicted octanol–water partition coefficient (Wildman–Crippen LogP) is 1.59. The molecule has 16 heavy (non-hydrogen) atoms. The lowest BCUT2D eigenvalue weighted by Gasteiger charge is -2.07. The molecule has 0 spiro atoms. The summed E-state index contributed by atoms with van der Waals surface area (Å²) in [6.07, 6.45) is 5.53. The third-order valence-electron chi connectivity index (χ3n) is 2.35. The van der Waals surface area contributed by atoms with Crippen molar-refractivity contribution >= 4 is 5.97 Å². The summed E-state index contributed by atoms with van der Waals surface area (Å²) in [6.45, 7) is 5.20. The highest BCUT2D eigenvalue weighted by Gasteiger charge is 2.31. The van der Waals surface area contributed by atoms with Crippen LogP contribution < -0.4 is 0 Å². The fraction of sp³-hybridized carbons (Fsp3) is 0.500. The van der Waals surface area contributed by atoms with E-state index in [1.54, 1.807) is 18.2 Å². The van der Waals surface area contributed by atoms with Gasteiger partial charge in [0.15, 0.2) is 0 Å². The molecular weight excluding hydrogens is 206 g/mol. The summed E-state index contributed by atoms with van der Waals surface area (Å²) < 4.78 is 10.3. The first-order valence-corrected chi connectivity index (χ1v) is 5.15. The summed E-state index contributed by atoms with van der Waals surface area (Å²) in [5, 5.41) is 8.91. The first-order valence-electron chi connectivity index (χ1n) is 5.15. The van der Waals surface area contributed by atoms with E-state index in [0.717, 1.165) is 0 Å². The van der Waals surface area contributed by atoms with Crippen molar-refractivity contribution in [2.45, 2.75) is 25.6 Å². The molecule has 1 aliphatic rings. The molecule has 3 atom stereocenters. The monoisotopic (exact) mass is 221 g/mol. The van der Waals surface area contributed by atoms with E-state index in [-0.39, 0.29) is 30.7 Å². The maximum atomic E-state index is 10.5. The van der Waals surface area contributed by atoms with Gasteiger partial charge >= 0.3 is 5.97 Å². The zero-order valence-electron chi connectivity index (χ0n) is 9.26. The number of nitriles is 1. The van der Waals surface area contributed by atoms with Crippen molar-refractivity contribution in [3.63, 3.8) is 0 Å². The molecule has 0 aliphatic carbocycles. The lowest BCUT2D eigenvalue weighted by atomic mass is 10.0. The van der Waals surface area contributed by atoms with Gasteiger partial charge in [0, 0.05) is 6.92 Å². The molecule has 1 aliphatic heterocycles. The molecule has 1 rings (SSSR count). The molecule has 1 heterocycles. The van der Waals surface area contributed by atoms with Crippen molar-refractivity contribution in [1.29, 1.82) is 5.26 Å². The van der Waals surface area contributed by atoms with E-state index in [1.807, 2.05) is 0 Å². The second-order valence-electron chi connectivity index (χ2n) is 3.58. The number of esters is 1. The highest BCUT2D eigenvalue weighted by molar-refractivity contribution is 5.65. The topological polar surface area (TPSA) is 59.3 Å². The average molecular weight is 221 g/mol. The van der Waals surface area contributed by atoms with Crippen LogP contribution in [-0.4, -0.2) is 24.8 Å². The Bertz CT molecular complexity index is 330. The van der Waals surface area contributed by atoms with Gasteiger partial charge in [0.05, 0.1) is 24.2 Å². The van der Waals surface area contributed by atoms with Crippen molar-refractivity contribution in [1.82, 2.24) is 0 Å². The van der Waals surface area contributed by atoms with Gasteiger partial charge in [-0.1, -0.05) is 12.2 Å². The summed E-state index contributed by atoms with van der Waals surface area (Å²) in [5.74, 6) is -0.477. The molecule has 0 saturated carbocycles. The normalized spacial score (nSPS) is 28.9. The Morgan fingerprint density at radius 3 is 3.06 bits per heavy atom. The zero-order valence-corrected chi connectivity index (χ0v) is 9.26. The number of ether oxygens (including phenoxy) is 2. The number of hydrogen-bond acceptors (Lipinski definition) is 4. The molecule has 0 aromatic rings. The van der Waals surface area contributed by atoms with E-state index in [0.29, 0.717) is 6.42 Å². The fourth-order valence-electron chi connectivity index (χ4n) is 1.55. The standard InChI is InChI=1S/C12H15NO3/c1-3-11-7-10(8-13)12(16-11)5-4-6-15-9(2)14/h3-5,10-12H,1,6-7H2,2H3/b5-4+/t10-,11-,12+/m1/s1. The van der Waals surface area contributed by atoms with Gasteiger partial charge in [0.1, 0.15) is 6.61 Å². The van der Waals surface area contributed by atoms with Crippen LogP contribution in [0, 0.1) is 17.2 Å². The van der Waals surface area contributed by atoms with E-state index in [1.165, 1.54) is 6.92 Å². The Morgan fingerprint density at radius 2 is 2.50 bits per heavy atom. The summed E-state index contributed by atoms with van der Waals surface area (Å²) in [7, 11) is 0. The SMILES string of the molecule is C=C[C@@H]1C[C@H](C#N)[C@H](/C=C/COC(C)=O)O1. The second kappa shape index (κ2) is 6.09. The molecule has 1 saturated heterocycles. The van der Waals surface area contributed by atoms with Gasteiger partial charge in [-0.05, 0) is 12.5 Å². The second-order valence-corrected chi connectivity index (χ2v) is 3.58. The van der Waals surface area contributed by atoms with Crippen LogP contribution in [0.25, 0.3) is 0 Å². The van der Waals surface area contributed by atoms with Gasteiger partial charge in [0.2, 0.25) is 0 Å². The molecule has 1 fully saturated rings. The van der Waals surface area contributed by atoms with Crippen molar-refractivity contribution in [2.24, 2.45) is 5.92 Å². The van der Waals surface area contributed by atoms with Crippen LogP contribution in [0.2, 0.25) is 0 Å². The zero-order chi connectivity index (χ0) is 12.0. The minimum atomic E-state index is -0.321. The largest absolute Gasteiger partial charge is 0.462 e. The quantitative estimate of drug-likeness (QED) is 0.534. The molecule has 0 N–H and O–H groups in total. The lowest BCUT2D eigenvalue weighted by molar-refractivity contribution is -0.139. The summed E-state index contributed by atoms with van der Waals surface area (Å²) >= 11 is 0. The van der Waals surface area contributed by atoms with Gasteiger partial charge in [-0.15, -0.1) is 6.58 Å². The summed E-state index contributed by atoms with van der Waals surface area (Å²) in [5.41, 5.74) is 0. The lowest BCUT2D eigenvalue weighted by Crippen LogP contribution is -2.12. The van der Waals surface area contributed by atoms with Crippen LogP contribution in [0.1, 0.15) is 13.3 Å². The molecule has 0 aromatic heterocycles. The van der Waals surface area contributed by atoms with E-state index in [2.05, 4.69) is 12.6 Å². The van der Waals surface area contributed by atoms with E-state index >= 15 is 0 Å². The van der Waals surface area contributed by atoms with E-state index < -0.39 is 0 Å². The maximum absolute atomic E-state index is 10.5. The Hall–Kier alpha value is -1.60. The molecule has 0 radical (unpaired) electrons. The molecule has 0 aromatic carbocycles. The molecule has 4 nitrogen and oxygen atoms in total. The number of carbonyl (C=O) groups is 1. The van der Waals surface area contributed by atoms with Crippen molar-refractivity contribution < 1.29 is 14.3 Å². The molecule has 0 bridgehead atoms. The first-order chi connectivity index (χ1) is 7.67. The smallest absolute Gasteiger partial charge is 0.302 e. The minimum absolute atomic E-state index is 0.0620. The number of hydrogen-bond donors (Lipinski definition) is 0. The van der Waals surface area contributed by atoms with Crippen LogP contribution in [0.15, 0.2) is 24.8 Å². The molecule has 0 unspecified atom stereocenters. The summed E-state index contributed by atoms with van der Waals surface area (Å²) in [4.78, 5) is 10.5. The number of nitrogens with zero attached hydrogens (tertiary/aromatic N) is 1. The van der Waals surface area contributed by atoms with Crippen molar-refractivity contribution in [3.05, 3.63) is 24.8 Å². The average Bonchev–Trinajstić information content (AvgIpc) is 2.66. The van der Waals surface area contributed by atoms with E-state index in [4.69, 9.17) is 14.7 Å². The van der Waals surface area contributed by atoms with Gasteiger partial charge in [0.25, 0.3) is 0 Å². The minimum Gasteiger partial charge on any atom is -0.462 e. The van der Waals surface area contributed by atoms with Crippen LogP contribution >= 0.6 is 0 Å². The Morgan fingerprint density at radius 1 is 1.75 bits per heavy atom. The van der Waals surface area contributed by atoms with Crippen LogP contribution in [0.4, 0.5) is 0 Å². The van der Waals surface area contributed by atoms with Gasteiger partial charge < -0.3 is 9.47 Å². The van der Waals surface area contributed by atoms with Gasteiger partial charge in [-0.25, -0.2) is 0 Å². The highest BCUT2D eigenvalue weighted by atomic mass is 16.5. The fourth-order valence-corrected chi connectivity index (χ4v) is 1.55. The van der Waals surface area contributed by atoms with Crippen LogP contribution in [0.5, 0.6) is 0 Å². The molecular formula is C12H15NO3. The predicted molar refractivity (Wildman–Crippen MR) is 58.4 cm³/mol. The molecule has 4 heteroatoms. The molecule has 86 valence electrons. The van der Waals surface area contributed by atoms with Crippen LogP contribution in [0.3, 0.4) is 0 Å². The van der Waals surface area contributed by atoms with Gasteiger partial charge in [-0.3, -0.25) is 4.79 Å². The third-order valence-corrected chi connectivity index (χ3v) is 2.35. The summed E-state index contributed by atoms with van der Waals surface area (Å²) in [6, 6.07) is 2.20. The highest BCUT2D eigenvalue weighted by Crippen LogP contribution is 2.27. The Labute approximate surface area is 95.1 Å². The maximum Gasteiger partial charge on any atom is 0.302 e. The van der Waals surface area contributed by atoms with Crippen molar-refractivity contribution in [3.8, 4) is 6.07 Å². The first kappa shape index (κ1) is 12.5. The molecule has 0 amide bonds. The van der Waals surface area contributed by atoms with E-state index in [9.17, 15) is 4.79 Å². The number of rotatable bonds is 4. The van der Waals surface area contributed by atoms with Crippen molar-refractivity contribution in [2.75, 3.05) is 6.61 Å². The Balaban J connectivity index is 2.44. The third kappa shape index (κ3) is 3.52. The van der Waals surface area contributed by atoms with Gasteiger partial charge in [-0.2, -0.15) is 5.26 Å². The van der Waals surface area contributed by atoms with Crippen LogP contribution in [-0.2, 0) is 14.3 Å².